The number of fused-ring (bicyclic) bond motifs is 1. The molecule has 3 rings (SSSR count). The smallest absolute Gasteiger partial charge is 0.232 e. The lowest BCUT2D eigenvalue weighted by Crippen LogP contribution is -2.30. The number of benzene rings is 2. The van der Waals surface area contributed by atoms with E-state index in [1.54, 1.807) is 0 Å². The molecule has 2 N–H and O–H groups in total. The molecule has 2 aromatic carbocycles. The maximum Gasteiger partial charge on any atom is 0.232 e. The monoisotopic (exact) mass is 320 g/mol. The predicted octanol–water partition coefficient (Wildman–Crippen LogP) is 3.17. The van der Waals surface area contributed by atoms with E-state index in [1.165, 1.54) is 18.2 Å². The van der Waals surface area contributed by atoms with E-state index in [-0.39, 0.29) is 17.8 Å². The average molecular weight is 320 g/mol. The molecule has 4 nitrogen and oxygen atoms in total. The van der Waals surface area contributed by atoms with Crippen LogP contribution in [0.25, 0.3) is 0 Å². The Morgan fingerprint density at radius 2 is 1.87 bits per heavy atom. The van der Waals surface area contributed by atoms with Crippen LogP contribution in [0.1, 0.15) is 17.9 Å². The fourth-order valence-corrected chi connectivity index (χ4v) is 2.47. The van der Waals surface area contributed by atoms with Gasteiger partial charge in [-0.3, -0.25) is 9.59 Å². The number of hydrogen-bond acceptors (Lipinski definition) is 2. The quantitative estimate of drug-likeness (QED) is 0.893. The minimum absolute atomic E-state index is 0.0727. The number of hydrogen-bond donors (Lipinski definition) is 2. The second kappa shape index (κ2) is 5.75. The van der Waals surface area contributed by atoms with Gasteiger partial charge in [-0.1, -0.05) is 6.07 Å². The first-order valence-corrected chi connectivity index (χ1v) is 6.79. The van der Waals surface area contributed by atoms with Crippen molar-refractivity contribution in [2.75, 3.05) is 10.6 Å². The van der Waals surface area contributed by atoms with Crippen molar-refractivity contribution in [3.63, 3.8) is 0 Å². The van der Waals surface area contributed by atoms with E-state index in [9.17, 15) is 22.8 Å². The Morgan fingerprint density at radius 3 is 2.61 bits per heavy atom. The first-order valence-electron chi connectivity index (χ1n) is 6.79. The zero-order valence-corrected chi connectivity index (χ0v) is 11.7. The summed E-state index contributed by atoms with van der Waals surface area (Å²) in [6.45, 7) is 0. The van der Waals surface area contributed by atoms with Gasteiger partial charge in [-0.2, -0.15) is 0 Å². The van der Waals surface area contributed by atoms with Crippen molar-refractivity contribution in [3.8, 4) is 0 Å². The van der Waals surface area contributed by atoms with E-state index >= 15 is 0 Å². The summed E-state index contributed by atoms with van der Waals surface area (Å²) in [7, 11) is 0. The molecule has 0 radical (unpaired) electrons. The minimum Gasteiger partial charge on any atom is -0.326 e. The van der Waals surface area contributed by atoms with Gasteiger partial charge in [0, 0.05) is 23.9 Å². The van der Waals surface area contributed by atoms with E-state index in [0.717, 1.165) is 18.2 Å². The van der Waals surface area contributed by atoms with Crippen LogP contribution in [0.5, 0.6) is 0 Å². The Labute approximate surface area is 129 Å². The molecule has 1 heterocycles. The van der Waals surface area contributed by atoms with Crippen LogP contribution in [0.2, 0.25) is 0 Å². The highest BCUT2D eigenvalue weighted by molar-refractivity contribution is 6.05. The van der Waals surface area contributed by atoms with Crippen LogP contribution in [0.3, 0.4) is 0 Å². The van der Waals surface area contributed by atoms with Gasteiger partial charge in [0.05, 0.1) is 5.92 Å². The maximum absolute atomic E-state index is 13.2. The number of amides is 2. The minimum atomic E-state index is -1.09. The highest BCUT2D eigenvalue weighted by atomic mass is 19.2. The summed E-state index contributed by atoms with van der Waals surface area (Å²) in [6.07, 6.45) is -0.117. The van der Waals surface area contributed by atoms with Gasteiger partial charge in [-0.05, 0) is 29.8 Å². The van der Waals surface area contributed by atoms with Gasteiger partial charge in [0.25, 0.3) is 0 Å². The number of halogens is 3. The molecule has 0 spiro atoms. The molecule has 1 aliphatic rings. The highest BCUT2D eigenvalue weighted by Crippen LogP contribution is 2.33. The Morgan fingerprint density at radius 1 is 1.09 bits per heavy atom. The van der Waals surface area contributed by atoms with Crippen molar-refractivity contribution in [3.05, 3.63) is 59.4 Å². The lowest BCUT2D eigenvalue weighted by Gasteiger charge is -2.24. The first kappa shape index (κ1) is 15.1. The van der Waals surface area contributed by atoms with E-state index in [0.29, 0.717) is 5.56 Å². The normalized spacial score (nSPS) is 16.5. The zero-order chi connectivity index (χ0) is 16.6. The van der Waals surface area contributed by atoms with Crippen LogP contribution in [0, 0.1) is 17.5 Å². The lowest BCUT2D eigenvalue weighted by molar-refractivity contribution is -0.123. The molecular formula is C16H11F3N2O2. The molecule has 0 fully saturated rings. The molecule has 0 bridgehead atoms. The second-order valence-corrected chi connectivity index (χ2v) is 5.15. The van der Waals surface area contributed by atoms with Crippen LogP contribution in [-0.2, 0) is 9.59 Å². The molecule has 0 saturated heterocycles. The van der Waals surface area contributed by atoms with Gasteiger partial charge >= 0.3 is 0 Å². The number of anilines is 2. The van der Waals surface area contributed by atoms with Crippen LogP contribution in [0.15, 0.2) is 36.4 Å². The van der Waals surface area contributed by atoms with Gasteiger partial charge in [-0.25, -0.2) is 13.2 Å². The molecule has 1 unspecified atom stereocenters. The van der Waals surface area contributed by atoms with Gasteiger partial charge in [0.15, 0.2) is 11.6 Å². The summed E-state index contributed by atoms with van der Waals surface area (Å²) in [5.41, 5.74) is 0.765. The Hall–Kier alpha value is -2.83. The summed E-state index contributed by atoms with van der Waals surface area (Å²) in [4.78, 5) is 24.0. The van der Waals surface area contributed by atoms with Crippen molar-refractivity contribution >= 4 is 23.2 Å². The van der Waals surface area contributed by atoms with Crippen LogP contribution < -0.4 is 10.6 Å². The van der Waals surface area contributed by atoms with Gasteiger partial charge in [0.2, 0.25) is 11.8 Å². The molecule has 0 aliphatic carbocycles. The molecule has 2 aromatic rings. The molecular weight excluding hydrogens is 309 g/mol. The zero-order valence-electron chi connectivity index (χ0n) is 11.7. The van der Waals surface area contributed by atoms with E-state index < -0.39 is 35.2 Å². The van der Waals surface area contributed by atoms with Gasteiger partial charge < -0.3 is 10.6 Å². The maximum atomic E-state index is 13.2. The van der Waals surface area contributed by atoms with Crippen LogP contribution in [-0.4, -0.2) is 11.8 Å². The van der Waals surface area contributed by atoms with Crippen LogP contribution >= 0.6 is 0 Å². The number of nitrogens with one attached hydrogen (secondary N) is 2. The van der Waals surface area contributed by atoms with E-state index in [4.69, 9.17) is 0 Å². The third-order valence-electron chi connectivity index (χ3n) is 3.56. The number of carbonyl (C=O) groups is 2. The van der Waals surface area contributed by atoms with Gasteiger partial charge in [0.1, 0.15) is 5.82 Å². The summed E-state index contributed by atoms with van der Waals surface area (Å²) >= 11 is 0. The highest BCUT2D eigenvalue weighted by Gasteiger charge is 2.31. The van der Waals surface area contributed by atoms with Crippen molar-refractivity contribution in [1.29, 1.82) is 0 Å². The number of rotatable bonds is 2. The SMILES string of the molecule is O=C1CC(C(=O)Nc2ccc(F)c(F)c2)c2ccc(F)cc2N1. The van der Waals surface area contributed by atoms with E-state index in [1.807, 2.05) is 0 Å². The standard InChI is InChI=1S/C16H11F3N2O2/c17-8-1-3-10-11(7-15(22)21-14(10)5-8)16(23)20-9-2-4-12(18)13(19)6-9/h1-6,11H,7H2,(H,20,23)(H,21,22). The predicted molar refractivity (Wildman–Crippen MR) is 77.4 cm³/mol. The lowest BCUT2D eigenvalue weighted by atomic mass is 9.89. The van der Waals surface area contributed by atoms with E-state index in [2.05, 4.69) is 10.6 Å². The number of carbonyl (C=O) groups excluding carboxylic acids is 2. The summed E-state index contributed by atoms with van der Waals surface area (Å²) in [6, 6.07) is 6.69. The Kier molecular flexibility index (Phi) is 3.77. The fourth-order valence-electron chi connectivity index (χ4n) is 2.47. The summed E-state index contributed by atoms with van der Waals surface area (Å²) in [5.74, 6) is -4.47. The fraction of sp³-hybridized carbons (Fsp3) is 0.125. The molecule has 0 saturated carbocycles. The molecule has 1 atom stereocenters. The third-order valence-corrected chi connectivity index (χ3v) is 3.56. The molecule has 23 heavy (non-hydrogen) atoms. The second-order valence-electron chi connectivity index (χ2n) is 5.15. The van der Waals surface area contributed by atoms with Crippen molar-refractivity contribution in [1.82, 2.24) is 0 Å². The van der Waals surface area contributed by atoms with Gasteiger partial charge in [-0.15, -0.1) is 0 Å². The molecule has 118 valence electrons. The topological polar surface area (TPSA) is 58.2 Å². The third kappa shape index (κ3) is 3.03. The molecule has 0 aromatic heterocycles. The Bertz CT molecular complexity index is 808. The molecule has 1 aliphatic heterocycles. The van der Waals surface area contributed by atoms with Crippen molar-refractivity contribution < 1.29 is 22.8 Å². The molecule has 2 amide bonds. The summed E-state index contributed by atoms with van der Waals surface area (Å²) < 4.78 is 39.3. The summed E-state index contributed by atoms with van der Waals surface area (Å²) in [5, 5.41) is 4.93. The first-order chi connectivity index (χ1) is 10.9. The van der Waals surface area contributed by atoms with Crippen molar-refractivity contribution in [2.24, 2.45) is 0 Å². The largest absolute Gasteiger partial charge is 0.326 e. The molecule has 7 heteroatoms. The average Bonchev–Trinajstić information content (AvgIpc) is 2.49. The Balaban J connectivity index is 1.87. The van der Waals surface area contributed by atoms with Crippen molar-refractivity contribution in [2.45, 2.75) is 12.3 Å². The van der Waals surface area contributed by atoms with Crippen LogP contribution in [0.4, 0.5) is 24.5 Å².